The molecule has 0 bridgehead atoms. The summed E-state index contributed by atoms with van der Waals surface area (Å²) in [6.45, 7) is 2.18. The first-order valence-electron chi connectivity index (χ1n) is 11.9. The normalized spacial score (nSPS) is 20.1. The predicted octanol–water partition coefficient (Wildman–Crippen LogP) is 5.16. The third kappa shape index (κ3) is 5.44. The molecule has 0 spiro atoms. The van der Waals surface area contributed by atoms with Gasteiger partial charge in [-0.25, -0.2) is 9.97 Å². The molecule has 7 nitrogen and oxygen atoms in total. The number of amides is 1. The van der Waals surface area contributed by atoms with E-state index >= 15 is 0 Å². The monoisotopic (exact) mass is 523 g/mol. The van der Waals surface area contributed by atoms with E-state index in [1.54, 1.807) is 6.92 Å². The molecule has 2 saturated carbocycles. The molecule has 0 radical (unpaired) electrons. The lowest BCUT2D eigenvalue weighted by atomic mass is 9.91. The molecule has 2 aliphatic rings. The zero-order chi connectivity index (χ0) is 24.7. The number of hydrogen-bond acceptors (Lipinski definition) is 5. The van der Waals surface area contributed by atoms with Crippen LogP contribution in [0.15, 0.2) is 24.5 Å². The van der Waals surface area contributed by atoms with Gasteiger partial charge in [0.2, 0.25) is 0 Å². The van der Waals surface area contributed by atoms with Crippen molar-refractivity contribution < 1.29 is 22.7 Å². The molecule has 0 unspecified atom stereocenters. The van der Waals surface area contributed by atoms with Crippen LogP contribution in [0.2, 0.25) is 0 Å². The van der Waals surface area contributed by atoms with Gasteiger partial charge in [-0.05, 0) is 69.6 Å². The van der Waals surface area contributed by atoms with Crippen LogP contribution in [0.3, 0.4) is 0 Å². The van der Waals surface area contributed by atoms with Crippen molar-refractivity contribution in [1.29, 1.82) is 0 Å². The number of aryl methyl sites for hydroxylation is 1. The molecule has 1 aromatic carbocycles. The highest BCUT2D eigenvalue weighted by molar-refractivity contribution is 6.09. The molecule has 2 aromatic heterocycles. The van der Waals surface area contributed by atoms with Crippen LogP contribution < -0.4 is 15.8 Å². The molecule has 2 aliphatic carbocycles. The number of nitrogens with zero attached hydrogens (tertiary/aromatic N) is 2. The van der Waals surface area contributed by atoms with Crippen LogP contribution in [0, 0.1) is 12.8 Å². The smallest absolute Gasteiger partial charge is 0.416 e. The van der Waals surface area contributed by atoms with Gasteiger partial charge < -0.3 is 20.8 Å². The van der Waals surface area contributed by atoms with Gasteiger partial charge in [-0.1, -0.05) is 0 Å². The molecule has 3 aromatic rings. The van der Waals surface area contributed by atoms with Crippen molar-refractivity contribution in [1.82, 2.24) is 20.3 Å². The fourth-order valence-corrected chi connectivity index (χ4v) is 4.63. The topological polar surface area (TPSA) is 106 Å². The maximum atomic E-state index is 13.5. The van der Waals surface area contributed by atoms with E-state index in [1.807, 2.05) is 0 Å². The highest BCUT2D eigenvalue weighted by Crippen LogP contribution is 2.40. The van der Waals surface area contributed by atoms with Gasteiger partial charge in [-0.2, -0.15) is 13.2 Å². The van der Waals surface area contributed by atoms with Crippen LogP contribution in [0.25, 0.3) is 22.3 Å². The quantitative estimate of drug-likeness (QED) is 0.414. The van der Waals surface area contributed by atoms with Crippen molar-refractivity contribution in [3.8, 4) is 17.0 Å². The van der Waals surface area contributed by atoms with Gasteiger partial charge in [0.15, 0.2) is 0 Å². The van der Waals surface area contributed by atoms with Crippen molar-refractivity contribution >= 4 is 29.3 Å². The standard InChI is InChI=1S/C25H28F3N5O2.ClH/c1-13-20(24(34)33-17-7-5-16(29)6-8-17)22-23(32-13)21(30-12-31-22)18-10-15(25(26,27)28)4-9-19(18)35-11-14-2-3-14;/h4,9-10,12,14,16-17,32H,2-3,5-8,11,29H2,1H3,(H,33,34);1H. The van der Waals surface area contributed by atoms with Crippen LogP contribution in [-0.2, 0) is 6.18 Å². The van der Waals surface area contributed by atoms with Crippen LogP contribution in [0.5, 0.6) is 5.75 Å². The number of aromatic nitrogens is 3. The number of hydrogen-bond donors (Lipinski definition) is 3. The van der Waals surface area contributed by atoms with Gasteiger partial charge in [0.25, 0.3) is 5.91 Å². The number of aromatic amines is 1. The molecule has 4 N–H and O–H groups in total. The number of nitrogens with one attached hydrogen (secondary N) is 2. The number of fused-ring (bicyclic) bond motifs is 1. The van der Waals surface area contributed by atoms with Crippen LogP contribution >= 0.6 is 12.4 Å². The van der Waals surface area contributed by atoms with Crippen LogP contribution in [-0.4, -0.2) is 39.5 Å². The Bertz CT molecular complexity index is 1250. The van der Waals surface area contributed by atoms with E-state index in [0.717, 1.165) is 50.7 Å². The Morgan fingerprint density at radius 1 is 1.17 bits per heavy atom. The second-order valence-electron chi connectivity index (χ2n) is 9.62. The minimum atomic E-state index is -4.52. The fraction of sp³-hybridized carbons (Fsp3) is 0.480. The largest absolute Gasteiger partial charge is 0.493 e. The summed E-state index contributed by atoms with van der Waals surface area (Å²) < 4.78 is 46.5. The number of rotatable bonds is 6. The number of carbonyl (C=O) groups excluding carboxylic acids is 1. The lowest BCUT2D eigenvalue weighted by Gasteiger charge is -2.26. The van der Waals surface area contributed by atoms with Crippen molar-refractivity contribution in [2.45, 2.75) is 63.7 Å². The summed E-state index contributed by atoms with van der Waals surface area (Å²) in [6, 6.07) is 3.59. The zero-order valence-electron chi connectivity index (χ0n) is 19.8. The molecule has 5 rings (SSSR count). The molecular weight excluding hydrogens is 495 g/mol. The van der Waals surface area contributed by atoms with Crippen molar-refractivity contribution in [2.24, 2.45) is 11.7 Å². The molecule has 2 heterocycles. The zero-order valence-corrected chi connectivity index (χ0v) is 20.6. The fourth-order valence-electron chi connectivity index (χ4n) is 4.63. The predicted molar refractivity (Wildman–Crippen MR) is 132 cm³/mol. The molecule has 2 fully saturated rings. The van der Waals surface area contributed by atoms with Gasteiger partial charge in [0, 0.05) is 23.3 Å². The Labute approximate surface area is 212 Å². The first-order chi connectivity index (χ1) is 16.7. The Kier molecular flexibility index (Phi) is 7.47. The number of nitrogens with two attached hydrogens (primary N) is 1. The number of ether oxygens (including phenoxy) is 1. The molecule has 0 aliphatic heterocycles. The van der Waals surface area contributed by atoms with Gasteiger partial charge in [-0.15, -0.1) is 12.4 Å². The molecule has 0 saturated heterocycles. The third-order valence-corrected chi connectivity index (χ3v) is 6.84. The maximum absolute atomic E-state index is 13.5. The van der Waals surface area contributed by atoms with E-state index in [4.69, 9.17) is 10.5 Å². The third-order valence-electron chi connectivity index (χ3n) is 6.84. The van der Waals surface area contributed by atoms with Crippen molar-refractivity contribution in [2.75, 3.05) is 6.61 Å². The summed E-state index contributed by atoms with van der Waals surface area (Å²) in [6.07, 6.45) is 2.17. The summed E-state index contributed by atoms with van der Waals surface area (Å²) in [7, 11) is 0. The number of halogens is 4. The summed E-state index contributed by atoms with van der Waals surface area (Å²) >= 11 is 0. The highest BCUT2D eigenvalue weighted by Gasteiger charge is 2.33. The molecule has 0 atom stereocenters. The van der Waals surface area contributed by atoms with Crippen molar-refractivity contribution in [3.63, 3.8) is 0 Å². The number of benzene rings is 1. The Morgan fingerprint density at radius 2 is 1.89 bits per heavy atom. The van der Waals surface area contributed by atoms with Crippen LogP contribution in [0.1, 0.15) is 60.1 Å². The molecule has 1 amide bonds. The lowest BCUT2D eigenvalue weighted by Crippen LogP contribution is -2.40. The molecular formula is C25H29ClF3N5O2. The van der Waals surface area contributed by atoms with E-state index < -0.39 is 11.7 Å². The lowest BCUT2D eigenvalue weighted by molar-refractivity contribution is -0.137. The summed E-state index contributed by atoms with van der Waals surface area (Å²) in [4.78, 5) is 24.9. The van der Waals surface area contributed by atoms with Crippen molar-refractivity contribution in [3.05, 3.63) is 41.3 Å². The van der Waals surface area contributed by atoms with Crippen LogP contribution in [0.4, 0.5) is 13.2 Å². The number of alkyl halides is 3. The molecule has 36 heavy (non-hydrogen) atoms. The minimum absolute atomic E-state index is 0. The van der Waals surface area contributed by atoms with Gasteiger partial charge in [0.1, 0.15) is 23.3 Å². The van der Waals surface area contributed by atoms with Gasteiger partial charge in [-0.3, -0.25) is 4.79 Å². The highest BCUT2D eigenvalue weighted by atomic mass is 35.5. The molecule has 194 valence electrons. The SMILES string of the molecule is Cc1[nH]c2c(-c3cc(C(F)(F)F)ccc3OCC3CC3)ncnc2c1C(=O)NC1CCC(N)CC1.Cl. The first-order valence-corrected chi connectivity index (χ1v) is 11.9. The van der Waals surface area contributed by atoms with E-state index in [1.165, 1.54) is 12.4 Å². The minimum Gasteiger partial charge on any atom is -0.493 e. The second-order valence-corrected chi connectivity index (χ2v) is 9.62. The van der Waals surface area contributed by atoms with E-state index in [-0.39, 0.29) is 41.7 Å². The Balaban J connectivity index is 0.00000304. The summed E-state index contributed by atoms with van der Waals surface area (Å²) in [5.74, 6) is 0.475. The second kappa shape index (κ2) is 10.3. The average Bonchev–Trinajstić information content (AvgIpc) is 3.58. The number of carbonyl (C=O) groups is 1. The number of H-pyrrole nitrogens is 1. The van der Waals surface area contributed by atoms with Gasteiger partial charge in [0.05, 0.1) is 23.3 Å². The van der Waals surface area contributed by atoms with E-state index in [0.29, 0.717) is 40.6 Å². The summed E-state index contributed by atoms with van der Waals surface area (Å²) in [5.41, 5.74) is 7.34. The first kappa shape index (κ1) is 26.2. The Hall–Kier alpha value is -2.85. The Morgan fingerprint density at radius 3 is 2.56 bits per heavy atom. The maximum Gasteiger partial charge on any atom is 0.416 e. The van der Waals surface area contributed by atoms with Gasteiger partial charge >= 0.3 is 6.18 Å². The van der Waals surface area contributed by atoms with E-state index in [2.05, 4.69) is 20.3 Å². The average molecular weight is 524 g/mol. The molecule has 11 heteroatoms. The van der Waals surface area contributed by atoms with E-state index in [9.17, 15) is 18.0 Å². The summed E-state index contributed by atoms with van der Waals surface area (Å²) in [5, 5.41) is 3.07.